The number of imidazole rings is 1. The molecule has 9 heteroatoms. The molecule has 1 aliphatic carbocycles. The maximum Gasteiger partial charge on any atom is 0.412 e. The van der Waals surface area contributed by atoms with Crippen LogP contribution in [0, 0.1) is 0 Å². The van der Waals surface area contributed by atoms with Crippen molar-refractivity contribution in [1.29, 1.82) is 0 Å². The van der Waals surface area contributed by atoms with Gasteiger partial charge in [-0.25, -0.2) is 9.78 Å². The van der Waals surface area contributed by atoms with Gasteiger partial charge in [-0.15, -0.1) is 0 Å². The molecule has 35 heavy (non-hydrogen) atoms. The first kappa shape index (κ1) is 22.5. The lowest BCUT2D eigenvalue weighted by molar-refractivity contribution is 0.123. The summed E-state index contributed by atoms with van der Waals surface area (Å²) in [7, 11) is 0. The third-order valence-electron chi connectivity index (χ3n) is 8.03. The SMILES string of the molecule is C[C@H]1CCc2c(ccc3c2nc(CCn2cccn2)n3CCN2CCN(C3CC3)CC2)N1C(=O)O. The van der Waals surface area contributed by atoms with E-state index in [2.05, 4.69) is 25.5 Å². The number of carbonyl (C=O) groups is 1. The van der Waals surface area contributed by atoms with Crippen LogP contribution in [-0.4, -0.2) is 85.1 Å². The number of anilines is 1. The molecule has 1 N–H and O–H groups in total. The van der Waals surface area contributed by atoms with Crippen LogP contribution in [0.5, 0.6) is 0 Å². The minimum absolute atomic E-state index is 0.0203. The third kappa shape index (κ3) is 4.43. The average Bonchev–Trinajstić information content (AvgIpc) is 3.45. The number of aryl methyl sites for hydroxylation is 3. The van der Waals surface area contributed by atoms with Gasteiger partial charge in [0.25, 0.3) is 0 Å². The van der Waals surface area contributed by atoms with Crippen LogP contribution in [0.15, 0.2) is 30.6 Å². The first-order chi connectivity index (χ1) is 17.1. The van der Waals surface area contributed by atoms with Crippen LogP contribution < -0.4 is 4.90 Å². The summed E-state index contributed by atoms with van der Waals surface area (Å²) < 4.78 is 4.32. The van der Waals surface area contributed by atoms with E-state index in [0.29, 0.717) is 0 Å². The quantitative estimate of drug-likeness (QED) is 0.563. The van der Waals surface area contributed by atoms with Gasteiger partial charge in [0.1, 0.15) is 5.82 Å². The lowest BCUT2D eigenvalue weighted by atomic mass is 9.96. The summed E-state index contributed by atoms with van der Waals surface area (Å²) in [4.78, 5) is 23.9. The molecular formula is C26H35N7O2. The van der Waals surface area contributed by atoms with Gasteiger partial charge in [-0.2, -0.15) is 5.10 Å². The van der Waals surface area contributed by atoms with E-state index in [1.807, 2.05) is 36.1 Å². The van der Waals surface area contributed by atoms with Crippen molar-refractivity contribution in [3.05, 3.63) is 42.0 Å². The van der Waals surface area contributed by atoms with Gasteiger partial charge in [0.05, 0.1) is 16.7 Å². The fraction of sp³-hybridized carbons (Fsp3) is 0.577. The maximum absolute atomic E-state index is 12.0. The number of piperazine rings is 1. The lowest BCUT2D eigenvalue weighted by Crippen LogP contribution is -2.47. The van der Waals surface area contributed by atoms with E-state index in [1.54, 1.807) is 0 Å². The van der Waals surface area contributed by atoms with Crippen LogP contribution in [0.4, 0.5) is 10.5 Å². The Kier molecular flexibility index (Phi) is 5.98. The van der Waals surface area contributed by atoms with E-state index in [4.69, 9.17) is 4.98 Å². The minimum Gasteiger partial charge on any atom is -0.465 e. The molecule has 186 valence electrons. The standard InChI is InChI=1S/C26H35N7O2/c1-19-3-6-21-22(33(19)26(34)35)7-8-23-25(21)28-24(9-12-31-11-2-10-27-31)32(23)18-15-29-13-16-30(17-14-29)20-4-5-20/h2,7-8,10-11,19-20H,3-6,9,12-18H2,1H3,(H,34,35)/t19-/m0/s1. The van der Waals surface area contributed by atoms with Crippen molar-refractivity contribution in [2.45, 2.75) is 64.2 Å². The number of fused-ring (bicyclic) bond motifs is 3. The molecule has 1 aromatic carbocycles. The van der Waals surface area contributed by atoms with Crippen LogP contribution in [0.25, 0.3) is 11.0 Å². The van der Waals surface area contributed by atoms with Crippen LogP contribution in [0.3, 0.4) is 0 Å². The average molecular weight is 478 g/mol. The van der Waals surface area contributed by atoms with Crippen LogP contribution in [0.2, 0.25) is 0 Å². The smallest absolute Gasteiger partial charge is 0.412 e. The zero-order chi connectivity index (χ0) is 23.9. The number of amides is 1. The second-order valence-electron chi connectivity index (χ2n) is 10.3. The van der Waals surface area contributed by atoms with Gasteiger partial charge in [-0.05, 0) is 50.8 Å². The predicted octanol–water partition coefficient (Wildman–Crippen LogP) is 3.07. The fourth-order valence-electron chi connectivity index (χ4n) is 5.89. The van der Waals surface area contributed by atoms with Gasteiger partial charge < -0.3 is 9.67 Å². The second-order valence-corrected chi connectivity index (χ2v) is 10.3. The highest BCUT2D eigenvalue weighted by Crippen LogP contribution is 2.36. The number of benzene rings is 1. The monoisotopic (exact) mass is 477 g/mol. The van der Waals surface area contributed by atoms with E-state index >= 15 is 0 Å². The van der Waals surface area contributed by atoms with Crippen molar-refractivity contribution in [3.8, 4) is 0 Å². The molecule has 0 unspecified atom stereocenters. The molecule has 1 atom stereocenters. The van der Waals surface area contributed by atoms with Gasteiger partial charge in [0, 0.05) is 82.3 Å². The molecule has 4 heterocycles. The summed E-state index contributed by atoms with van der Waals surface area (Å²) in [5, 5.41) is 14.2. The largest absolute Gasteiger partial charge is 0.465 e. The summed E-state index contributed by atoms with van der Waals surface area (Å²) >= 11 is 0. The molecule has 2 aromatic heterocycles. The molecule has 0 radical (unpaired) electrons. The second kappa shape index (κ2) is 9.28. The van der Waals surface area contributed by atoms with Gasteiger partial charge in [-0.3, -0.25) is 19.4 Å². The highest BCUT2D eigenvalue weighted by Gasteiger charge is 2.32. The Morgan fingerprint density at radius 1 is 1.09 bits per heavy atom. The highest BCUT2D eigenvalue weighted by atomic mass is 16.4. The van der Waals surface area contributed by atoms with Crippen LogP contribution >= 0.6 is 0 Å². The van der Waals surface area contributed by atoms with Gasteiger partial charge in [0.2, 0.25) is 0 Å². The van der Waals surface area contributed by atoms with Gasteiger partial charge >= 0.3 is 6.09 Å². The lowest BCUT2D eigenvalue weighted by Gasteiger charge is -2.35. The first-order valence-corrected chi connectivity index (χ1v) is 13.1. The van der Waals surface area contributed by atoms with Gasteiger partial charge in [0.15, 0.2) is 0 Å². The zero-order valence-corrected chi connectivity index (χ0v) is 20.5. The normalized spacial score (nSPS) is 21.5. The van der Waals surface area contributed by atoms with Crippen molar-refractivity contribution in [3.63, 3.8) is 0 Å². The van der Waals surface area contributed by atoms with Crippen molar-refractivity contribution >= 4 is 22.8 Å². The number of hydrogen-bond donors (Lipinski definition) is 1. The molecule has 6 rings (SSSR count). The van der Waals surface area contributed by atoms with Crippen molar-refractivity contribution < 1.29 is 9.90 Å². The van der Waals surface area contributed by atoms with E-state index in [9.17, 15) is 9.90 Å². The first-order valence-electron chi connectivity index (χ1n) is 13.1. The van der Waals surface area contributed by atoms with E-state index in [1.165, 1.54) is 30.8 Å². The van der Waals surface area contributed by atoms with Crippen LogP contribution in [-0.2, 0) is 25.9 Å². The maximum atomic E-state index is 12.0. The molecule has 1 amide bonds. The Morgan fingerprint density at radius 2 is 1.91 bits per heavy atom. The molecule has 3 aromatic rings. The summed E-state index contributed by atoms with van der Waals surface area (Å²) in [6.07, 6.45) is 8.13. The Morgan fingerprint density at radius 3 is 2.63 bits per heavy atom. The molecule has 9 nitrogen and oxygen atoms in total. The zero-order valence-electron chi connectivity index (χ0n) is 20.5. The molecule has 0 bridgehead atoms. The summed E-state index contributed by atoms with van der Waals surface area (Å²) in [5.74, 6) is 1.06. The third-order valence-corrected chi connectivity index (χ3v) is 8.03. The number of nitrogens with zero attached hydrogens (tertiary/aromatic N) is 7. The van der Waals surface area contributed by atoms with Crippen molar-refractivity contribution in [1.82, 2.24) is 29.1 Å². The number of rotatable bonds is 7. The van der Waals surface area contributed by atoms with E-state index in [-0.39, 0.29) is 6.04 Å². The van der Waals surface area contributed by atoms with Crippen molar-refractivity contribution in [2.75, 3.05) is 37.6 Å². The summed E-state index contributed by atoms with van der Waals surface area (Å²) in [6.45, 7) is 9.28. The Balaban J connectivity index is 1.28. The van der Waals surface area contributed by atoms with Crippen LogP contribution in [0.1, 0.15) is 37.6 Å². The Hall–Kier alpha value is -2.91. The molecular weight excluding hydrogens is 442 g/mol. The topological polar surface area (TPSA) is 82.7 Å². The summed E-state index contributed by atoms with van der Waals surface area (Å²) in [5.41, 5.74) is 3.95. The number of hydrogen-bond acceptors (Lipinski definition) is 5. The minimum atomic E-state index is -0.888. The molecule has 3 aliphatic rings. The summed E-state index contributed by atoms with van der Waals surface area (Å²) in [6, 6.07) is 6.85. The predicted molar refractivity (Wildman–Crippen MR) is 135 cm³/mol. The molecule has 1 saturated heterocycles. The number of carboxylic acid groups (broad SMARTS) is 1. The van der Waals surface area contributed by atoms with Crippen molar-refractivity contribution in [2.24, 2.45) is 0 Å². The molecule has 1 saturated carbocycles. The van der Waals surface area contributed by atoms with E-state index in [0.717, 1.165) is 86.1 Å². The Bertz CT molecular complexity index is 1190. The fourth-order valence-corrected chi connectivity index (χ4v) is 5.89. The highest BCUT2D eigenvalue weighted by molar-refractivity contribution is 5.94. The Labute approximate surface area is 205 Å². The number of aromatic nitrogens is 4. The van der Waals surface area contributed by atoms with Gasteiger partial charge in [-0.1, -0.05) is 0 Å². The molecule has 0 spiro atoms. The molecule has 2 aliphatic heterocycles. The van der Waals surface area contributed by atoms with E-state index < -0.39 is 6.09 Å². The molecule has 2 fully saturated rings.